The summed E-state index contributed by atoms with van der Waals surface area (Å²) in [5.41, 5.74) is 5.75. The predicted octanol–water partition coefficient (Wildman–Crippen LogP) is 1.93. The van der Waals surface area contributed by atoms with Crippen LogP contribution in [0.2, 0.25) is 0 Å². The zero-order valence-electron chi connectivity index (χ0n) is 12.5. The van der Waals surface area contributed by atoms with E-state index in [0.29, 0.717) is 17.9 Å². The molecule has 1 aliphatic rings. The van der Waals surface area contributed by atoms with Gasteiger partial charge in [-0.1, -0.05) is 32.3 Å². The number of aromatic nitrogens is 2. The van der Waals surface area contributed by atoms with Crippen molar-refractivity contribution in [2.24, 2.45) is 11.7 Å². The first kappa shape index (κ1) is 14.5. The SMILES string of the molecule is CN(Cc1noc(C(C)(C)C)n1)C1CCCC1CN. The van der Waals surface area contributed by atoms with Gasteiger partial charge in [0, 0.05) is 11.5 Å². The van der Waals surface area contributed by atoms with E-state index >= 15 is 0 Å². The fourth-order valence-corrected chi connectivity index (χ4v) is 2.84. The molecule has 1 aromatic rings. The van der Waals surface area contributed by atoms with Crippen molar-refractivity contribution >= 4 is 0 Å². The van der Waals surface area contributed by atoms with E-state index in [1.807, 2.05) is 0 Å². The third-order valence-electron chi connectivity index (χ3n) is 3.99. The minimum Gasteiger partial charge on any atom is -0.339 e. The van der Waals surface area contributed by atoms with Crippen molar-refractivity contribution in [3.05, 3.63) is 11.7 Å². The number of hydrogen-bond donors (Lipinski definition) is 1. The molecule has 0 radical (unpaired) electrons. The summed E-state index contributed by atoms with van der Waals surface area (Å²) in [7, 11) is 2.13. The standard InChI is InChI=1S/C14H26N4O/c1-14(2,3)13-16-12(17-19-13)9-18(4)11-7-5-6-10(11)8-15/h10-11H,5-9,15H2,1-4H3. The average Bonchev–Trinajstić information content (AvgIpc) is 2.95. The van der Waals surface area contributed by atoms with Gasteiger partial charge in [0.15, 0.2) is 5.82 Å². The summed E-state index contributed by atoms with van der Waals surface area (Å²) in [6, 6.07) is 0.557. The number of rotatable bonds is 4. The summed E-state index contributed by atoms with van der Waals surface area (Å²) in [5.74, 6) is 2.09. The third kappa shape index (κ3) is 3.34. The van der Waals surface area contributed by atoms with Gasteiger partial charge in [-0.25, -0.2) is 0 Å². The van der Waals surface area contributed by atoms with Gasteiger partial charge in [-0.05, 0) is 32.4 Å². The molecule has 1 aliphatic carbocycles. The van der Waals surface area contributed by atoms with Crippen LogP contribution >= 0.6 is 0 Å². The Balaban J connectivity index is 1.99. The molecular weight excluding hydrogens is 240 g/mol. The summed E-state index contributed by atoms with van der Waals surface area (Å²) in [4.78, 5) is 6.81. The van der Waals surface area contributed by atoms with Gasteiger partial charge in [0.05, 0.1) is 6.54 Å². The smallest absolute Gasteiger partial charge is 0.232 e. The van der Waals surface area contributed by atoms with Gasteiger partial charge in [-0.2, -0.15) is 4.98 Å². The lowest BCUT2D eigenvalue weighted by Gasteiger charge is -2.27. The molecule has 0 saturated heterocycles. The molecule has 0 aromatic carbocycles. The van der Waals surface area contributed by atoms with Gasteiger partial charge in [0.25, 0.3) is 0 Å². The number of hydrogen-bond acceptors (Lipinski definition) is 5. The van der Waals surface area contributed by atoms with Crippen LogP contribution in [0.3, 0.4) is 0 Å². The second-order valence-electron chi connectivity index (χ2n) is 6.67. The van der Waals surface area contributed by atoms with Crippen LogP contribution in [0, 0.1) is 5.92 Å². The molecule has 1 fully saturated rings. The molecule has 108 valence electrons. The molecule has 5 nitrogen and oxygen atoms in total. The summed E-state index contributed by atoms with van der Waals surface area (Å²) in [6.45, 7) is 7.75. The Morgan fingerprint density at radius 1 is 1.37 bits per heavy atom. The first-order valence-electron chi connectivity index (χ1n) is 7.15. The van der Waals surface area contributed by atoms with Crippen molar-refractivity contribution in [2.75, 3.05) is 13.6 Å². The normalized spacial score (nSPS) is 24.3. The summed E-state index contributed by atoms with van der Waals surface area (Å²) < 4.78 is 5.33. The Kier molecular flexibility index (Phi) is 4.26. The highest BCUT2D eigenvalue weighted by molar-refractivity contribution is 4.98. The largest absolute Gasteiger partial charge is 0.339 e. The van der Waals surface area contributed by atoms with E-state index in [2.05, 4.69) is 42.9 Å². The number of nitrogens with two attached hydrogens (primary N) is 1. The summed E-state index contributed by atoms with van der Waals surface area (Å²) >= 11 is 0. The van der Waals surface area contributed by atoms with Crippen LogP contribution in [0.15, 0.2) is 4.52 Å². The quantitative estimate of drug-likeness (QED) is 0.902. The van der Waals surface area contributed by atoms with Gasteiger partial charge < -0.3 is 10.3 Å². The Morgan fingerprint density at radius 3 is 2.68 bits per heavy atom. The van der Waals surface area contributed by atoms with Crippen LogP contribution in [0.5, 0.6) is 0 Å². The van der Waals surface area contributed by atoms with Gasteiger partial charge in [-0.15, -0.1) is 0 Å². The fraction of sp³-hybridized carbons (Fsp3) is 0.857. The molecule has 19 heavy (non-hydrogen) atoms. The molecule has 2 rings (SSSR count). The van der Waals surface area contributed by atoms with Gasteiger partial charge in [-0.3, -0.25) is 4.90 Å². The van der Waals surface area contributed by atoms with E-state index in [9.17, 15) is 0 Å². The van der Waals surface area contributed by atoms with Crippen molar-refractivity contribution in [2.45, 2.75) is 58.0 Å². The zero-order chi connectivity index (χ0) is 14.0. The van der Waals surface area contributed by atoms with Crippen LogP contribution < -0.4 is 5.73 Å². The molecule has 0 bridgehead atoms. The Bertz CT molecular complexity index is 410. The highest BCUT2D eigenvalue weighted by Gasteiger charge is 2.30. The monoisotopic (exact) mass is 266 g/mol. The van der Waals surface area contributed by atoms with Gasteiger partial charge >= 0.3 is 0 Å². The van der Waals surface area contributed by atoms with Crippen LogP contribution in [0.25, 0.3) is 0 Å². The topological polar surface area (TPSA) is 68.2 Å². The maximum Gasteiger partial charge on any atom is 0.232 e. The second kappa shape index (κ2) is 5.59. The average molecular weight is 266 g/mol. The van der Waals surface area contributed by atoms with Crippen molar-refractivity contribution in [1.82, 2.24) is 15.0 Å². The Hall–Kier alpha value is -0.940. The number of nitrogens with zero attached hydrogens (tertiary/aromatic N) is 3. The summed E-state index contributed by atoms with van der Waals surface area (Å²) in [5, 5.41) is 4.09. The van der Waals surface area contributed by atoms with Crippen molar-refractivity contribution < 1.29 is 4.52 Å². The molecule has 2 N–H and O–H groups in total. The second-order valence-corrected chi connectivity index (χ2v) is 6.67. The molecule has 0 spiro atoms. The lowest BCUT2D eigenvalue weighted by molar-refractivity contribution is 0.186. The lowest BCUT2D eigenvalue weighted by Crippen LogP contribution is -2.37. The van der Waals surface area contributed by atoms with Crippen molar-refractivity contribution in [3.63, 3.8) is 0 Å². The van der Waals surface area contributed by atoms with Crippen LogP contribution in [-0.2, 0) is 12.0 Å². The maximum atomic E-state index is 5.84. The third-order valence-corrected chi connectivity index (χ3v) is 3.99. The highest BCUT2D eigenvalue weighted by atomic mass is 16.5. The van der Waals surface area contributed by atoms with E-state index in [1.165, 1.54) is 19.3 Å². The highest BCUT2D eigenvalue weighted by Crippen LogP contribution is 2.29. The fourth-order valence-electron chi connectivity index (χ4n) is 2.84. The maximum absolute atomic E-state index is 5.84. The molecule has 0 amide bonds. The van der Waals surface area contributed by atoms with Crippen molar-refractivity contribution in [1.29, 1.82) is 0 Å². The van der Waals surface area contributed by atoms with E-state index in [4.69, 9.17) is 10.3 Å². The molecule has 0 aliphatic heterocycles. The van der Waals surface area contributed by atoms with Crippen LogP contribution in [0.4, 0.5) is 0 Å². The summed E-state index contributed by atoms with van der Waals surface area (Å²) in [6.07, 6.45) is 3.74. The van der Waals surface area contributed by atoms with E-state index < -0.39 is 0 Å². The predicted molar refractivity (Wildman–Crippen MR) is 74.6 cm³/mol. The molecular formula is C14H26N4O. The molecule has 1 heterocycles. The molecule has 2 unspecified atom stereocenters. The van der Waals surface area contributed by atoms with Gasteiger partial charge in [0.2, 0.25) is 5.89 Å². The van der Waals surface area contributed by atoms with Crippen LogP contribution in [0.1, 0.15) is 51.7 Å². The van der Waals surface area contributed by atoms with E-state index in [-0.39, 0.29) is 5.41 Å². The minimum atomic E-state index is -0.0863. The Labute approximate surface area is 115 Å². The van der Waals surface area contributed by atoms with Gasteiger partial charge in [0.1, 0.15) is 0 Å². The molecule has 1 saturated carbocycles. The minimum absolute atomic E-state index is 0.0863. The van der Waals surface area contributed by atoms with E-state index in [0.717, 1.165) is 18.9 Å². The first-order valence-corrected chi connectivity index (χ1v) is 7.15. The Morgan fingerprint density at radius 2 is 2.11 bits per heavy atom. The first-order chi connectivity index (χ1) is 8.91. The van der Waals surface area contributed by atoms with Crippen LogP contribution in [-0.4, -0.2) is 34.7 Å². The molecule has 5 heteroatoms. The zero-order valence-corrected chi connectivity index (χ0v) is 12.5. The van der Waals surface area contributed by atoms with Crippen molar-refractivity contribution in [3.8, 4) is 0 Å². The lowest BCUT2D eigenvalue weighted by atomic mass is 9.97. The van der Waals surface area contributed by atoms with E-state index in [1.54, 1.807) is 0 Å². The molecule has 1 aromatic heterocycles. The molecule has 2 atom stereocenters.